The molecule has 2 unspecified atom stereocenters. The van der Waals surface area contributed by atoms with Gasteiger partial charge in [0.25, 0.3) is 0 Å². The second kappa shape index (κ2) is 4.60. The van der Waals surface area contributed by atoms with Gasteiger partial charge in [0.05, 0.1) is 0 Å². The van der Waals surface area contributed by atoms with Gasteiger partial charge in [0, 0.05) is 41.9 Å². The molecule has 0 saturated carbocycles. The Morgan fingerprint density at radius 2 is 2.23 bits per heavy atom. The predicted octanol–water partition coefficient (Wildman–Crippen LogP) is 0.169. The first kappa shape index (κ1) is 10.5. The molecule has 1 aliphatic rings. The van der Waals surface area contributed by atoms with Crippen molar-refractivity contribution in [1.82, 2.24) is 10.2 Å². The quantitative estimate of drug-likeness (QED) is 0.611. The van der Waals surface area contributed by atoms with Crippen LogP contribution in [0.15, 0.2) is 0 Å². The number of nitrogens with one attached hydrogen (secondary N) is 1. The first-order valence-corrected chi connectivity index (χ1v) is 5.97. The third-order valence-corrected chi connectivity index (χ3v) is 3.66. The van der Waals surface area contributed by atoms with Crippen molar-refractivity contribution in [3.63, 3.8) is 0 Å². The lowest BCUT2D eigenvalue weighted by molar-refractivity contribution is 0.185. The van der Waals surface area contributed by atoms with E-state index in [1.807, 2.05) is 6.92 Å². The monoisotopic (exact) mass is 204 g/mol. The van der Waals surface area contributed by atoms with E-state index in [2.05, 4.69) is 5.32 Å². The van der Waals surface area contributed by atoms with Crippen molar-refractivity contribution in [3.05, 3.63) is 0 Å². The van der Waals surface area contributed by atoms with E-state index in [1.165, 1.54) is 0 Å². The summed E-state index contributed by atoms with van der Waals surface area (Å²) in [7, 11) is 0.883. The van der Waals surface area contributed by atoms with Gasteiger partial charge < -0.3 is 10.2 Å². The molecule has 5 heteroatoms. The molecule has 2 atom stereocenters. The van der Waals surface area contributed by atoms with E-state index >= 15 is 0 Å². The van der Waals surface area contributed by atoms with Gasteiger partial charge >= 0.3 is 6.03 Å². The van der Waals surface area contributed by atoms with E-state index in [1.54, 1.807) is 11.9 Å². The van der Waals surface area contributed by atoms with E-state index < -0.39 is 10.8 Å². The molecule has 1 heterocycles. The summed E-state index contributed by atoms with van der Waals surface area (Å²) in [5.74, 6) is 1.33. The maximum atomic E-state index is 11.4. The summed E-state index contributed by atoms with van der Waals surface area (Å²) in [6.45, 7) is 2.60. The average molecular weight is 204 g/mol. The Morgan fingerprint density at radius 1 is 1.54 bits per heavy atom. The summed E-state index contributed by atoms with van der Waals surface area (Å²) in [4.78, 5) is 13.1. The van der Waals surface area contributed by atoms with Crippen molar-refractivity contribution in [3.8, 4) is 0 Å². The van der Waals surface area contributed by atoms with Crippen LogP contribution in [0.5, 0.6) is 0 Å². The number of carbonyl (C=O) groups excluding carboxylic acids is 1. The molecule has 1 aliphatic heterocycles. The zero-order valence-electron chi connectivity index (χ0n) is 8.08. The minimum atomic E-state index is -0.739. The summed E-state index contributed by atoms with van der Waals surface area (Å²) >= 11 is 0. The molecule has 4 nitrogen and oxygen atoms in total. The molecule has 1 saturated heterocycles. The van der Waals surface area contributed by atoms with E-state index in [4.69, 9.17) is 0 Å². The number of hydrogen-bond acceptors (Lipinski definition) is 2. The third kappa shape index (κ3) is 2.69. The second-order valence-corrected chi connectivity index (χ2v) is 4.93. The van der Waals surface area contributed by atoms with E-state index in [0.717, 1.165) is 6.42 Å². The first-order chi connectivity index (χ1) is 6.15. The van der Waals surface area contributed by atoms with Crippen molar-refractivity contribution < 1.29 is 9.00 Å². The van der Waals surface area contributed by atoms with Crippen molar-refractivity contribution >= 4 is 16.8 Å². The van der Waals surface area contributed by atoms with Gasteiger partial charge in [-0.1, -0.05) is 0 Å². The topological polar surface area (TPSA) is 49.4 Å². The highest BCUT2D eigenvalue weighted by atomic mass is 32.2. The Kier molecular flexibility index (Phi) is 3.71. The van der Waals surface area contributed by atoms with E-state index in [-0.39, 0.29) is 12.1 Å². The smallest absolute Gasteiger partial charge is 0.317 e. The molecular formula is C8H16N2O2S. The predicted molar refractivity (Wildman–Crippen MR) is 53.1 cm³/mol. The summed E-state index contributed by atoms with van der Waals surface area (Å²) in [5.41, 5.74) is 0. The molecule has 1 rings (SSSR count). The van der Waals surface area contributed by atoms with Crippen LogP contribution in [0, 0.1) is 0 Å². The summed E-state index contributed by atoms with van der Waals surface area (Å²) in [6, 6.07) is 0.137. The van der Waals surface area contributed by atoms with Gasteiger partial charge in [-0.2, -0.15) is 0 Å². The van der Waals surface area contributed by atoms with Crippen LogP contribution in [0.2, 0.25) is 0 Å². The number of carbonyl (C=O) groups is 1. The van der Waals surface area contributed by atoms with Crippen LogP contribution in [-0.4, -0.2) is 46.3 Å². The van der Waals surface area contributed by atoms with Crippen LogP contribution in [-0.2, 0) is 10.8 Å². The van der Waals surface area contributed by atoms with Gasteiger partial charge in [-0.05, 0) is 13.3 Å². The lowest BCUT2D eigenvalue weighted by atomic mass is 10.2. The van der Waals surface area contributed by atoms with Crippen molar-refractivity contribution in [2.24, 2.45) is 0 Å². The molecule has 0 radical (unpaired) electrons. The van der Waals surface area contributed by atoms with Gasteiger partial charge in [-0.3, -0.25) is 4.21 Å². The molecule has 0 aromatic rings. The highest BCUT2D eigenvalue weighted by molar-refractivity contribution is 7.85. The van der Waals surface area contributed by atoms with Crippen LogP contribution in [0.3, 0.4) is 0 Å². The molecule has 0 aliphatic carbocycles. The Bertz CT molecular complexity index is 220. The summed E-state index contributed by atoms with van der Waals surface area (Å²) < 4.78 is 11.2. The summed E-state index contributed by atoms with van der Waals surface area (Å²) in [5, 5.41) is 2.60. The average Bonchev–Trinajstić information content (AvgIpc) is 2.28. The van der Waals surface area contributed by atoms with Crippen LogP contribution in [0.1, 0.15) is 13.3 Å². The summed E-state index contributed by atoms with van der Waals surface area (Å²) in [6.07, 6.45) is 0.833. The fourth-order valence-corrected chi connectivity index (χ4v) is 2.63. The second-order valence-electron chi connectivity index (χ2n) is 3.23. The molecule has 2 amide bonds. The van der Waals surface area contributed by atoms with Gasteiger partial charge in [-0.15, -0.1) is 0 Å². The SMILES string of the molecule is CNC(=O)N1CCS(=O)CCC1C. The van der Waals surface area contributed by atoms with Crippen LogP contribution in [0.25, 0.3) is 0 Å². The molecule has 0 bridgehead atoms. The van der Waals surface area contributed by atoms with Gasteiger partial charge in [-0.25, -0.2) is 4.79 Å². The largest absolute Gasteiger partial charge is 0.341 e. The molecule has 0 spiro atoms. The van der Waals surface area contributed by atoms with E-state index in [0.29, 0.717) is 18.1 Å². The Labute approximate surface area is 81.1 Å². The van der Waals surface area contributed by atoms with Gasteiger partial charge in [0.15, 0.2) is 0 Å². The van der Waals surface area contributed by atoms with Crippen molar-refractivity contribution in [1.29, 1.82) is 0 Å². The minimum Gasteiger partial charge on any atom is -0.341 e. The molecule has 76 valence electrons. The number of rotatable bonds is 0. The number of amides is 2. The van der Waals surface area contributed by atoms with Crippen LogP contribution in [0.4, 0.5) is 4.79 Å². The Balaban J connectivity index is 2.61. The van der Waals surface area contributed by atoms with E-state index in [9.17, 15) is 9.00 Å². The third-order valence-electron chi connectivity index (χ3n) is 2.33. The normalized spacial score (nSPS) is 29.5. The molecule has 0 aromatic heterocycles. The standard InChI is InChI=1S/C8H16N2O2S/c1-7-3-5-13(12)6-4-10(7)8(11)9-2/h7H,3-6H2,1-2H3,(H,9,11). The lowest BCUT2D eigenvalue weighted by Gasteiger charge is -2.25. The molecule has 1 fully saturated rings. The van der Waals surface area contributed by atoms with Crippen LogP contribution >= 0.6 is 0 Å². The highest BCUT2D eigenvalue weighted by Gasteiger charge is 2.23. The van der Waals surface area contributed by atoms with Gasteiger partial charge in [0.1, 0.15) is 0 Å². The number of nitrogens with zero attached hydrogens (tertiary/aromatic N) is 1. The zero-order chi connectivity index (χ0) is 9.84. The maximum absolute atomic E-state index is 11.4. The Morgan fingerprint density at radius 3 is 2.85 bits per heavy atom. The Hall–Kier alpha value is -0.580. The zero-order valence-corrected chi connectivity index (χ0v) is 8.89. The fourth-order valence-electron chi connectivity index (χ4n) is 1.43. The number of urea groups is 1. The van der Waals surface area contributed by atoms with Crippen molar-refractivity contribution in [2.75, 3.05) is 25.1 Å². The lowest BCUT2D eigenvalue weighted by Crippen LogP contribution is -2.44. The molecular weight excluding hydrogens is 188 g/mol. The molecule has 1 N–H and O–H groups in total. The van der Waals surface area contributed by atoms with Crippen LogP contribution < -0.4 is 5.32 Å². The maximum Gasteiger partial charge on any atom is 0.317 e. The fraction of sp³-hybridized carbons (Fsp3) is 0.875. The van der Waals surface area contributed by atoms with Gasteiger partial charge in [0.2, 0.25) is 0 Å². The minimum absolute atomic E-state index is 0.0635. The molecule has 0 aromatic carbocycles. The first-order valence-electron chi connectivity index (χ1n) is 4.48. The highest BCUT2D eigenvalue weighted by Crippen LogP contribution is 2.09. The molecule has 13 heavy (non-hydrogen) atoms. The number of hydrogen-bond donors (Lipinski definition) is 1. The van der Waals surface area contributed by atoms with Crippen molar-refractivity contribution in [2.45, 2.75) is 19.4 Å².